The van der Waals surface area contributed by atoms with E-state index in [0.29, 0.717) is 28.4 Å². The standard InChI is InChI=1S/C18H14N4O3/c1-22-17(23)7-4-13(21-22)11-24-14-5-6-16-15(9-14)20-18(25-16)12-3-2-8-19-10-12/h2-10H,11H2,1H3. The molecule has 0 N–H and O–H groups in total. The van der Waals surface area contributed by atoms with E-state index in [1.807, 2.05) is 24.3 Å². The van der Waals surface area contributed by atoms with E-state index in [2.05, 4.69) is 15.1 Å². The van der Waals surface area contributed by atoms with Crippen LogP contribution in [0.4, 0.5) is 0 Å². The third-order valence-corrected chi connectivity index (χ3v) is 3.67. The van der Waals surface area contributed by atoms with Crippen LogP contribution in [0.25, 0.3) is 22.6 Å². The third kappa shape index (κ3) is 3.12. The largest absolute Gasteiger partial charge is 0.487 e. The Kier molecular flexibility index (Phi) is 3.74. The predicted octanol–water partition coefficient (Wildman–Crippen LogP) is 2.56. The molecule has 1 aromatic carbocycles. The fourth-order valence-corrected chi connectivity index (χ4v) is 2.39. The Morgan fingerprint density at radius 1 is 1.20 bits per heavy atom. The number of benzene rings is 1. The molecule has 0 radical (unpaired) electrons. The van der Waals surface area contributed by atoms with Crippen LogP contribution in [0.15, 0.2) is 64.1 Å². The first-order chi connectivity index (χ1) is 12.2. The fourth-order valence-electron chi connectivity index (χ4n) is 2.39. The molecule has 7 nitrogen and oxygen atoms in total. The maximum absolute atomic E-state index is 11.3. The molecule has 25 heavy (non-hydrogen) atoms. The number of rotatable bonds is 4. The van der Waals surface area contributed by atoms with Crippen LogP contribution >= 0.6 is 0 Å². The minimum Gasteiger partial charge on any atom is -0.487 e. The van der Waals surface area contributed by atoms with Gasteiger partial charge < -0.3 is 9.15 Å². The summed E-state index contributed by atoms with van der Waals surface area (Å²) in [5, 5.41) is 4.13. The van der Waals surface area contributed by atoms with Gasteiger partial charge in [0.2, 0.25) is 5.89 Å². The Hall–Kier alpha value is -3.48. The number of aromatic nitrogens is 4. The summed E-state index contributed by atoms with van der Waals surface area (Å²) in [5.74, 6) is 1.16. The summed E-state index contributed by atoms with van der Waals surface area (Å²) >= 11 is 0. The van der Waals surface area contributed by atoms with Gasteiger partial charge in [-0.15, -0.1) is 0 Å². The van der Waals surface area contributed by atoms with Crippen molar-refractivity contribution in [3.63, 3.8) is 0 Å². The second kappa shape index (κ2) is 6.20. The van der Waals surface area contributed by atoms with E-state index in [0.717, 1.165) is 5.56 Å². The molecule has 3 aromatic heterocycles. The maximum Gasteiger partial charge on any atom is 0.266 e. The van der Waals surface area contributed by atoms with Crippen molar-refractivity contribution in [2.24, 2.45) is 7.05 Å². The van der Waals surface area contributed by atoms with Gasteiger partial charge in [-0.25, -0.2) is 9.67 Å². The molecular weight excluding hydrogens is 320 g/mol. The van der Waals surface area contributed by atoms with Gasteiger partial charge in [0.15, 0.2) is 5.58 Å². The van der Waals surface area contributed by atoms with Crippen LogP contribution in [-0.2, 0) is 13.7 Å². The highest BCUT2D eigenvalue weighted by molar-refractivity contribution is 5.77. The summed E-state index contributed by atoms with van der Waals surface area (Å²) in [6.07, 6.45) is 3.40. The Morgan fingerprint density at radius 3 is 2.92 bits per heavy atom. The van der Waals surface area contributed by atoms with E-state index in [4.69, 9.17) is 9.15 Å². The van der Waals surface area contributed by atoms with Crippen LogP contribution in [0.2, 0.25) is 0 Å². The molecular formula is C18H14N4O3. The zero-order valence-electron chi connectivity index (χ0n) is 13.4. The first-order valence-electron chi connectivity index (χ1n) is 7.66. The van der Waals surface area contributed by atoms with Gasteiger partial charge in [0.25, 0.3) is 5.56 Å². The van der Waals surface area contributed by atoms with Crippen LogP contribution < -0.4 is 10.3 Å². The highest BCUT2D eigenvalue weighted by atomic mass is 16.5. The highest BCUT2D eigenvalue weighted by Crippen LogP contribution is 2.26. The lowest BCUT2D eigenvalue weighted by molar-refractivity contribution is 0.298. The van der Waals surface area contributed by atoms with Crippen molar-refractivity contribution in [2.75, 3.05) is 0 Å². The summed E-state index contributed by atoms with van der Waals surface area (Å²) in [7, 11) is 1.60. The lowest BCUT2D eigenvalue weighted by atomic mass is 10.3. The molecule has 0 aliphatic carbocycles. The van der Waals surface area contributed by atoms with Crippen molar-refractivity contribution in [3.8, 4) is 17.2 Å². The van der Waals surface area contributed by atoms with E-state index in [-0.39, 0.29) is 12.2 Å². The molecule has 0 amide bonds. The molecule has 3 heterocycles. The lowest BCUT2D eigenvalue weighted by Gasteiger charge is -2.06. The van der Waals surface area contributed by atoms with E-state index in [9.17, 15) is 4.79 Å². The van der Waals surface area contributed by atoms with Gasteiger partial charge in [-0.2, -0.15) is 5.10 Å². The van der Waals surface area contributed by atoms with Crippen molar-refractivity contribution in [1.82, 2.24) is 19.7 Å². The maximum atomic E-state index is 11.3. The normalized spacial score (nSPS) is 10.9. The number of fused-ring (bicyclic) bond motifs is 1. The molecule has 0 aliphatic heterocycles. The second-order valence-corrected chi connectivity index (χ2v) is 5.47. The molecule has 0 atom stereocenters. The van der Waals surface area contributed by atoms with Crippen molar-refractivity contribution in [1.29, 1.82) is 0 Å². The summed E-state index contributed by atoms with van der Waals surface area (Å²) in [6, 6.07) is 12.3. The first kappa shape index (κ1) is 15.1. The highest BCUT2D eigenvalue weighted by Gasteiger charge is 2.09. The number of hydrogen-bond donors (Lipinski definition) is 0. The predicted molar refractivity (Wildman–Crippen MR) is 91.1 cm³/mol. The van der Waals surface area contributed by atoms with E-state index < -0.39 is 0 Å². The quantitative estimate of drug-likeness (QED) is 0.570. The van der Waals surface area contributed by atoms with Gasteiger partial charge in [0.1, 0.15) is 17.9 Å². The number of hydrogen-bond acceptors (Lipinski definition) is 6. The second-order valence-electron chi connectivity index (χ2n) is 5.47. The Balaban J connectivity index is 1.56. The van der Waals surface area contributed by atoms with Crippen LogP contribution in [-0.4, -0.2) is 19.7 Å². The van der Waals surface area contributed by atoms with E-state index in [1.165, 1.54) is 10.7 Å². The molecule has 0 unspecified atom stereocenters. The van der Waals surface area contributed by atoms with Crippen LogP contribution in [0.1, 0.15) is 5.69 Å². The number of oxazole rings is 1. The fraction of sp³-hybridized carbons (Fsp3) is 0.111. The van der Waals surface area contributed by atoms with Crippen molar-refractivity contribution < 1.29 is 9.15 Å². The third-order valence-electron chi connectivity index (χ3n) is 3.67. The first-order valence-corrected chi connectivity index (χ1v) is 7.66. The zero-order valence-corrected chi connectivity index (χ0v) is 13.4. The molecule has 0 spiro atoms. The zero-order chi connectivity index (χ0) is 17.2. The minimum atomic E-state index is -0.157. The molecule has 0 saturated heterocycles. The Labute approximate surface area is 142 Å². The molecule has 0 fully saturated rings. The van der Waals surface area contributed by atoms with Crippen molar-refractivity contribution >= 4 is 11.1 Å². The van der Waals surface area contributed by atoms with Crippen LogP contribution in [0, 0.1) is 0 Å². The molecule has 0 aliphatic rings. The molecule has 4 rings (SSSR count). The monoisotopic (exact) mass is 334 g/mol. The molecule has 4 aromatic rings. The summed E-state index contributed by atoms with van der Waals surface area (Å²) in [5.41, 5.74) is 2.70. The number of ether oxygens (including phenoxy) is 1. The van der Waals surface area contributed by atoms with Gasteiger partial charge in [0, 0.05) is 31.6 Å². The van der Waals surface area contributed by atoms with Crippen molar-refractivity contribution in [3.05, 3.63) is 70.9 Å². The SMILES string of the molecule is Cn1nc(COc2ccc3oc(-c4cccnc4)nc3c2)ccc1=O. The van der Waals surface area contributed by atoms with Gasteiger partial charge in [-0.1, -0.05) is 0 Å². The molecule has 124 valence electrons. The molecule has 7 heteroatoms. The smallest absolute Gasteiger partial charge is 0.266 e. The minimum absolute atomic E-state index is 0.157. The van der Waals surface area contributed by atoms with Crippen LogP contribution in [0.5, 0.6) is 5.75 Å². The summed E-state index contributed by atoms with van der Waals surface area (Å²) < 4.78 is 12.8. The van der Waals surface area contributed by atoms with E-state index in [1.54, 1.807) is 31.6 Å². The number of nitrogens with zero attached hydrogens (tertiary/aromatic N) is 4. The lowest BCUT2D eigenvalue weighted by Crippen LogP contribution is -2.19. The van der Waals surface area contributed by atoms with Gasteiger partial charge in [-0.3, -0.25) is 9.78 Å². The van der Waals surface area contributed by atoms with Crippen LogP contribution in [0.3, 0.4) is 0 Å². The van der Waals surface area contributed by atoms with Gasteiger partial charge in [0.05, 0.1) is 11.3 Å². The Bertz CT molecular complexity index is 1090. The van der Waals surface area contributed by atoms with Crippen molar-refractivity contribution in [2.45, 2.75) is 6.61 Å². The number of aryl methyl sites for hydroxylation is 1. The summed E-state index contributed by atoms with van der Waals surface area (Å²) in [6.45, 7) is 0.257. The average Bonchev–Trinajstić information content (AvgIpc) is 3.07. The Morgan fingerprint density at radius 2 is 2.12 bits per heavy atom. The molecule has 0 saturated carbocycles. The van der Waals surface area contributed by atoms with Gasteiger partial charge in [-0.05, 0) is 30.3 Å². The topological polar surface area (TPSA) is 83.0 Å². The summed E-state index contributed by atoms with van der Waals surface area (Å²) in [4.78, 5) is 19.9. The van der Waals surface area contributed by atoms with Gasteiger partial charge >= 0.3 is 0 Å². The number of pyridine rings is 1. The average molecular weight is 334 g/mol. The van der Waals surface area contributed by atoms with E-state index >= 15 is 0 Å². The molecule has 0 bridgehead atoms.